The number of nitrogens with zero attached hydrogens (tertiary/aromatic N) is 1. The Balaban J connectivity index is 2.37. The maximum Gasteiger partial charge on any atom is 0.240 e. The molecule has 0 aliphatic rings. The maximum absolute atomic E-state index is 6.04. The molecule has 0 fully saturated rings. The molecule has 100 valence electrons. The van der Waals surface area contributed by atoms with Crippen LogP contribution in [0.5, 0.6) is 11.6 Å². The van der Waals surface area contributed by atoms with Crippen molar-refractivity contribution in [3.05, 3.63) is 44.3 Å². The van der Waals surface area contributed by atoms with E-state index in [1.807, 2.05) is 25.1 Å². The van der Waals surface area contributed by atoms with E-state index in [0.29, 0.717) is 21.6 Å². The molecule has 19 heavy (non-hydrogen) atoms. The molecule has 0 aliphatic carbocycles. The summed E-state index contributed by atoms with van der Waals surface area (Å²) in [5.41, 5.74) is 3.33. The Labute approximate surface area is 129 Å². The van der Waals surface area contributed by atoms with Crippen LogP contribution in [0.25, 0.3) is 0 Å². The van der Waals surface area contributed by atoms with Crippen molar-refractivity contribution in [1.29, 1.82) is 0 Å². The van der Waals surface area contributed by atoms with Crippen molar-refractivity contribution in [2.45, 2.75) is 6.92 Å². The number of aromatic nitrogens is 1. The molecule has 0 bridgehead atoms. The first kappa shape index (κ1) is 14.4. The van der Waals surface area contributed by atoms with Crippen molar-refractivity contribution in [3.63, 3.8) is 0 Å². The van der Waals surface area contributed by atoms with Gasteiger partial charge in [0.05, 0.1) is 5.02 Å². The van der Waals surface area contributed by atoms with Gasteiger partial charge in [0.15, 0.2) is 5.82 Å². The Hall–Kier alpha value is -1.01. The Morgan fingerprint density at radius 1 is 1.26 bits per heavy atom. The summed E-state index contributed by atoms with van der Waals surface area (Å²) < 4.78 is 6.64. The predicted molar refractivity (Wildman–Crippen MR) is 81.0 cm³/mol. The van der Waals surface area contributed by atoms with Gasteiger partial charge in [-0.1, -0.05) is 39.1 Å². The first-order valence-electron chi connectivity index (χ1n) is 5.28. The van der Waals surface area contributed by atoms with Crippen LogP contribution in [0.1, 0.15) is 5.56 Å². The molecule has 1 aromatic heterocycles. The van der Waals surface area contributed by atoms with Gasteiger partial charge in [0.25, 0.3) is 0 Å². The summed E-state index contributed by atoms with van der Waals surface area (Å²) in [5.74, 6) is 6.51. The average Bonchev–Trinajstić information content (AvgIpc) is 2.35. The SMILES string of the molecule is Cc1cc(Br)ccc1Oc1nc(NN)c(Cl)cc1Cl. The van der Waals surface area contributed by atoms with E-state index >= 15 is 0 Å². The highest BCUT2D eigenvalue weighted by molar-refractivity contribution is 9.10. The van der Waals surface area contributed by atoms with Crippen molar-refractivity contribution < 1.29 is 4.74 Å². The first-order valence-corrected chi connectivity index (χ1v) is 6.83. The summed E-state index contributed by atoms with van der Waals surface area (Å²) in [6.07, 6.45) is 0. The number of nitrogens with two attached hydrogens (primary N) is 1. The zero-order valence-corrected chi connectivity index (χ0v) is 13.0. The number of rotatable bonds is 3. The van der Waals surface area contributed by atoms with E-state index in [1.165, 1.54) is 6.07 Å². The minimum Gasteiger partial charge on any atom is -0.437 e. The number of ether oxygens (including phenoxy) is 1. The Kier molecular flexibility index (Phi) is 4.52. The third kappa shape index (κ3) is 3.30. The molecule has 2 rings (SSSR count). The standard InChI is InChI=1S/C12H10BrCl2N3O/c1-6-4-7(13)2-3-10(6)19-12-9(15)5-8(14)11(17-12)18-16/h2-5H,16H2,1H3,(H,17,18). The van der Waals surface area contributed by atoms with Crippen LogP contribution < -0.4 is 16.0 Å². The molecule has 1 aromatic carbocycles. The molecule has 0 saturated carbocycles. The molecular formula is C12H10BrCl2N3O. The summed E-state index contributed by atoms with van der Waals surface area (Å²) in [6.45, 7) is 1.92. The van der Waals surface area contributed by atoms with Gasteiger partial charge in [0.1, 0.15) is 10.8 Å². The zero-order chi connectivity index (χ0) is 14.0. The lowest BCUT2D eigenvalue weighted by Gasteiger charge is -2.11. The Morgan fingerprint density at radius 3 is 2.63 bits per heavy atom. The van der Waals surface area contributed by atoms with E-state index in [-0.39, 0.29) is 5.88 Å². The van der Waals surface area contributed by atoms with Crippen molar-refractivity contribution in [2.75, 3.05) is 5.43 Å². The lowest BCUT2D eigenvalue weighted by Crippen LogP contribution is -2.09. The second-order valence-corrected chi connectivity index (χ2v) is 5.49. The summed E-state index contributed by atoms with van der Waals surface area (Å²) in [7, 11) is 0. The lowest BCUT2D eigenvalue weighted by molar-refractivity contribution is 0.460. The van der Waals surface area contributed by atoms with E-state index in [2.05, 4.69) is 26.3 Å². The van der Waals surface area contributed by atoms with Gasteiger partial charge >= 0.3 is 0 Å². The molecule has 4 nitrogen and oxygen atoms in total. The van der Waals surface area contributed by atoms with Gasteiger partial charge in [-0.2, -0.15) is 4.98 Å². The highest BCUT2D eigenvalue weighted by Crippen LogP contribution is 2.34. The zero-order valence-electron chi connectivity index (χ0n) is 9.88. The van der Waals surface area contributed by atoms with Gasteiger partial charge < -0.3 is 10.2 Å². The number of anilines is 1. The van der Waals surface area contributed by atoms with Gasteiger partial charge in [0.2, 0.25) is 5.88 Å². The van der Waals surface area contributed by atoms with Crippen molar-refractivity contribution in [1.82, 2.24) is 4.98 Å². The third-order valence-corrected chi connectivity index (χ3v) is 3.43. The lowest BCUT2D eigenvalue weighted by atomic mass is 10.2. The van der Waals surface area contributed by atoms with Gasteiger partial charge in [-0.05, 0) is 36.8 Å². The van der Waals surface area contributed by atoms with Gasteiger partial charge in [-0.25, -0.2) is 5.84 Å². The largest absolute Gasteiger partial charge is 0.437 e. The summed E-state index contributed by atoms with van der Waals surface area (Å²) in [4.78, 5) is 4.12. The van der Waals surface area contributed by atoms with E-state index in [0.717, 1.165) is 10.0 Å². The molecular weight excluding hydrogens is 353 g/mol. The number of hydrogen-bond donors (Lipinski definition) is 2. The summed E-state index contributed by atoms with van der Waals surface area (Å²) >= 11 is 15.3. The van der Waals surface area contributed by atoms with Crippen LogP contribution in [-0.2, 0) is 0 Å². The summed E-state index contributed by atoms with van der Waals surface area (Å²) in [5, 5.41) is 0.638. The molecule has 0 aliphatic heterocycles. The number of aryl methyl sites for hydroxylation is 1. The summed E-state index contributed by atoms with van der Waals surface area (Å²) in [6, 6.07) is 7.14. The van der Waals surface area contributed by atoms with Crippen molar-refractivity contribution in [3.8, 4) is 11.6 Å². The molecule has 0 amide bonds. The quantitative estimate of drug-likeness (QED) is 0.621. The predicted octanol–water partition coefficient (Wildman–Crippen LogP) is 4.54. The molecule has 7 heteroatoms. The number of benzene rings is 1. The van der Waals surface area contributed by atoms with E-state index in [4.69, 9.17) is 33.8 Å². The minimum atomic E-state index is 0.240. The molecule has 0 radical (unpaired) electrons. The van der Waals surface area contributed by atoms with Crippen molar-refractivity contribution >= 4 is 44.9 Å². The number of nitrogen functional groups attached to an aromatic ring is 1. The topological polar surface area (TPSA) is 60.2 Å². The minimum absolute atomic E-state index is 0.240. The van der Waals surface area contributed by atoms with Gasteiger partial charge in [-0.3, -0.25) is 0 Å². The maximum atomic E-state index is 6.04. The molecule has 0 spiro atoms. The second-order valence-electron chi connectivity index (χ2n) is 3.76. The average molecular weight is 363 g/mol. The van der Waals surface area contributed by atoms with E-state index < -0.39 is 0 Å². The normalized spacial score (nSPS) is 10.4. The smallest absolute Gasteiger partial charge is 0.240 e. The van der Waals surface area contributed by atoms with Crippen LogP contribution in [0.2, 0.25) is 10.0 Å². The Morgan fingerprint density at radius 2 is 2.00 bits per heavy atom. The molecule has 2 aromatic rings. The van der Waals surface area contributed by atoms with Crippen LogP contribution in [0.15, 0.2) is 28.7 Å². The van der Waals surface area contributed by atoms with Crippen LogP contribution in [0, 0.1) is 6.92 Å². The number of pyridine rings is 1. The second kappa shape index (κ2) is 5.96. The first-order chi connectivity index (χ1) is 9.01. The van der Waals surface area contributed by atoms with Crippen molar-refractivity contribution in [2.24, 2.45) is 5.84 Å². The molecule has 0 unspecified atom stereocenters. The highest BCUT2D eigenvalue weighted by Gasteiger charge is 2.12. The number of hydrazine groups is 1. The Bertz CT molecular complexity index is 622. The van der Waals surface area contributed by atoms with Gasteiger partial charge in [-0.15, -0.1) is 0 Å². The molecule has 1 heterocycles. The molecule has 3 N–H and O–H groups in total. The van der Waals surface area contributed by atoms with E-state index in [1.54, 1.807) is 0 Å². The fourth-order valence-electron chi connectivity index (χ4n) is 1.45. The van der Waals surface area contributed by atoms with Crippen LogP contribution >= 0.6 is 39.1 Å². The van der Waals surface area contributed by atoms with Gasteiger partial charge in [0, 0.05) is 4.47 Å². The molecule has 0 saturated heterocycles. The number of nitrogens with one attached hydrogen (secondary N) is 1. The fraction of sp³-hybridized carbons (Fsp3) is 0.0833. The highest BCUT2D eigenvalue weighted by atomic mass is 79.9. The molecule has 0 atom stereocenters. The number of halogens is 3. The van der Waals surface area contributed by atoms with E-state index in [9.17, 15) is 0 Å². The monoisotopic (exact) mass is 361 g/mol. The van der Waals surface area contributed by atoms with Crippen LogP contribution in [-0.4, -0.2) is 4.98 Å². The van der Waals surface area contributed by atoms with Crippen LogP contribution in [0.4, 0.5) is 5.82 Å². The third-order valence-electron chi connectivity index (χ3n) is 2.38. The fourth-order valence-corrected chi connectivity index (χ4v) is 2.38. The number of hydrogen-bond acceptors (Lipinski definition) is 4. The van der Waals surface area contributed by atoms with Crippen LogP contribution in [0.3, 0.4) is 0 Å².